The minimum absolute atomic E-state index is 0.0518. The molecule has 0 radical (unpaired) electrons. The van der Waals surface area contributed by atoms with Crippen LogP contribution in [0.3, 0.4) is 0 Å². The number of halogens is 2. The standard InChI is InChI=1S/C32H28F2N3O9S/c1-32(2)14-43-30(40)28(32)46-31(41)45-15-44-27-22(38)11-21(37-26(27)29(39)36-7-8-42-12-24(36)35-37)18-10-20(33)25(34)19-13-47-23-6-4-3-5-16(23)9-17(18)19/h3-6,10-11,24,28H,7-9,12-15H2,1-2H3/q-1/t24?,28-/m1/s1. The Morgan fingerprint density at radius 3 is 2.81 bits per heavy atom. The van der Waals surface area contributed by atoms with Crippen molar-refractivity contribution < 1.29 is 56.6 Å². The lowest BCUT2D eigenvalue weighted by Crippen LogP contribution is -2.59. The molecule has 4 aliphatic rings. The van der Waals surface area contributed by atoms with Crippen LogP contribution >= 0.6 is 11.8 Å². The van der Waals surface area contributed by atoms with Gasteiger partial charge in [-0.2, -0.15) is 0 Å². The van der Waals surface area contributed by atoms with Crippen LogP contribution in [0.2, 0.25) is 0 Å². The molecule has 2 saturated heterocycles. The molecule has 3 aromatic rings. The molecule has 2 fully saturated rings. The lowest BCUT2D eigenvalue weighted by atomic mass is 9.90. The van der Waals surface area contributed by atoms with Crippen LogP contribution in [0.5, 0.6) is 11.5 Å². The van der Waals surface area contributed by atoms with Gasteiger partial charge in [0.15, 0.2) is 17.4 Å². The van der Waals surface area contributed by atoms with Crippen molar-refractivity contribution in [1.29, 1.82) is 0 Å². The number of benzene rings is 2. The van der Waals surface area contributed by atoms with E-state index in [2.05, 4.69) is 5.11 Å². The number of thioether (sulfide) groups is 1. The van der Waals surface area contributed by atoms with Gasteiger partial charge in [0.2, 0.25) is 24.8 Å². The Bertz CT molecular complexity index is 1940. The maximum Gasteiger partial charge on any atom is 0.512 e. The highest BCUT2D eigenvalue weighted by Crippen LogP contribution is 2.40. The van der Waals surface area contributed by atoms with Gasteiger partial charge in [0.05, 0.1) is 18.8 Å². The average Bonchev–Trinajstić information content (AvgIpc) is 3.19. The summed E-state index contributed by atoms with van der Waals surface area (Å²) in [5.74, 6) is -4.56. The quantitative estimate of drug-likeness (QED) is 0.223. The van der Waals surface area contributed by atoms with Crippen molar-refractivity contribution in [3.05, 3.63) is 70.1 Å². The molecule has 5 heterocycles. The fraction of sp³-hybridized carbons (Fsp3) is 0.375. The molecule has 1 unspecified atom stereocenters. The molecule has 0 N–H and O–H groups in total. The van der Waals surface area contributed by atoms with Crippen LogP contribution < -0.4 is 24.7 Å². The van der Waals surface area contributed by atoms with E-state index in [9.17, 15) is 19.8 Å². The Hall–Kier alpha value is -4.63. The third-order valence-electron chi connectivity index (χ3n) is 8.49. The molecule has 246 valence electrons. The molecule has 2 atom stereocenters. The van der Waals surface area contributed by atoms with Gasteiger partial charge in [-0.05, 0) is 39.2 Å². The van der Waals surface area contributed by atoms with Gasteiger partial charge in [0, 0.05) is 40.1 Å². The second-order valence-electron chi connectivity index (χ2n) is 12.1. The smallest absolute Gasteiger partial charge is 0.512 e. The Morgan fingerprint density at radius 1 is 1.21 bits per heavy atom. The van der Waals surface area contributed by atoms with Crippen molar-refractivity contribution in [2.24, 2.45) is 10.5 Å². The zero-order chi connectivity index (χ0) is 33.0. The zero-order valence-corrected chi connectivity index (χ0v) is 26.1. The summed E-state index contributed by atoms with van der Waals surface area (Å²) < 4.78 is 57.9. The van der Waals surface area contributed by atoms with Gasteiger partial charge in [-0.25, -0.2) is 18.4 Å². The number of rotatable bonds is 5. The highest BCUT2D eigenvalue weighted by Gasteiger charge is 2.47. The molecule has 0 amide bonds. The van der Waals surface area contributed by atoms with Gasteiger partial charge in [-0.15, -0.1) is 11.8 Å². The summed E-state index contributed by atoms with van der Waals surface area (Å²) in [6, 6.07) is 9.65. The van der Waals surface area contributed by atoms with Crippen molar-refractivity contribution in [1.82, 2.24) is 4.90 Å². The highest BCUT2D eigenvalue weighted by atomic mass is 32.2. The Labute approximate surface area is 270 Å². The summed E-state index contributed by atoms with van der Waals surface area (Å²) in [5, 5.41) is 32.0. The van der Waals surface area contributed by atoms with E-state index in [1.165, 1.54) is 21.0 Å². The summed E-state index contributed by atoms with van der Waals surface area (Å²) in [4.78, 5) is 26.7. The fourth-order valence-electron chi connectivity index (χ4n) is 6.05. The molecule has 1 aromatic heterocycles. The normalized spacial score (nSPS) is 20.9. The second-order valence-corrected chi connectivity index (χ2v) is 13.1. The van der Waals surface area contributed by atoms with Crippen LogP contribution in [0.25, 0.3) is 17.1 Å². The molecule has 7 rings (SSSR count). The van der Waals surface area contributed by atoms with Crippen LogP contribution in [-0.2, 0) is 35.9 Å². The van der Waals surface area contributed by atoms with Crippen LogP contribution in [0, 0.1) is 17.0 Å². The van der Waals surface area contributed by atoms with E-state index >= 15 is 8.78 Å². The Morgan fingerprint density at radius 2 is 2.02 bits per heavy atom. The van der Waals surface area contributed by atoms with Crippen molar-refractivity contribution in [2.45, 2.75) is 43.2 Å². The van der Waals surface area contributed by atoms with Crippen molar-refractivity contribution in [3.63, 3.8) is 0 Å². The summed E-state index contributed by atoms with van der Waals surface area (Å²) in [6.07, 6.45) is -2.98. The number of hydrogen-bond acceptors (Lipinski definition) is 12. The topological polar surface area (TPSA) is 148 Å². The van der Waals surface area contributed by atoms with Gasteiger partial charge in [0.25, 0.3) is 5.35 Å². The molecule has 0 spiro atoms. The average molecular weight is 669 g/mol. The largest absolute Gasteiger partial charge is 0.870 e. The van der Waals surface area contributed by atoms with E-state index in [4.69, 9.17) is 23.7 Å². The molecular formula is C32H28F2N3O9S-. The van der Waals surface area contributed by atoms with Crippen molar-refractivity contribution >= 4 is 29.8 Å². The van der Waals surface area contributed by atoms with Crippen molar-refractivity contribution in [3.8, 4) is 22.8 Å². The molecule has 0 saturated carbocycles. The summed E-state index contributed by atoms with van der Waals surface area (Å²) in [7, 11) is 0. The first-order valence-corrected chi connectivity index (χ1v) is 15.8. The maximum absolute atomic E-state index is 15.3. The lowest BCUT2D eigenvalue weighted by Gasteiger charge is -2.37. The number of esters is 1. The van der Waals surface area contributed by atoms with Crippen LogP contribution in [-0.4, -0.2) is 62.5 Å². The molecule has 2 aromatic carbocycles. The van der Waals surface area contributed by atoms with Crippen molar-refractivity contribution in [2.75, 3.05) is 33.2 Å². The zero-order valence-electron chi connectivity index (χ0n) is 25.2. The highest BCUT2D eigenvalue weighted by molar-refractivity contribution is 7.98. The number of pyridine rings is 1. The molecule has 0 aliphatic carbocycles. The number of cyclic esters (lactones) is 1. The number of carbonyl (C=O) groups excluding carboxylic acids is 2. The second kappa shape index (κ2) is 11.9. The van der Waals surface area contributed by atoms with Gasteiger partial charge in [-0.3, -0.25) is 0 Å². The lowest BCUT2D eigenvalue weighted by molar-refractivity contribution is -0.570. The third-order valence-corrected chi connectivity index (χ3v) is 9.63. The van der Waals surface area contributed by atoms with E-state index in [0.29, 0.717) is 5.56 Å². The van der Waals surface area contributed by atoms with Gasteiger partial charge in [0.1, 0.15) is 6.61 Å². The van der Waals surface area contributed by atoms with Crippen LogP contribution in [0.4, 0.5) is 13.6 Å². The molecule has 15 heteroatoms. The maximum atomic E-state index is 15.3. The predicted octanol–water partition coefficient (Wildman–Crippen LogP) is 1.76. The minimum atomic E-state index is -1.25. The van der Waals surface area contributed by atoms with Gasteiger partial charge >= 0.3 is 12.1 Å². The summed E-state index contributed by atoms with van der Waals surface area (Å²) >= 11 is 1.38. The van der Waals surface area contributed by atoms with E-state index in [1.807, 2.05) is 24.3 Å². The van der Waals surface area contributed by atoms with Crippen LogP contribution in [0.15, 0.2) is 46.4 Å². The van der Waals surface area contributed by atoms with Gasteiger partial charge < -0.3 is 38.8 Å². The SMILES string of the molecule is CC1(C)COC(=O)[C@H]1OC(=O)OCOc1c([O-])cc(-c2cc(F)c(F)c3c2Cc2ccccc2SC3)[n+]2c1=C([O-])N1CCOCC1N=2. The predicted molar refractivity (Wildman–Crippen MR) is 154 cm³/mol. The number of ether oxygens (including phenoxy) is 5. The van der Waals surface area contributed by atoms with E-state index in [0.717, 1.165) is 22.6 Å². The fourth-order valence-corrected chi connectivity index (χ4v) is 7.15. The summed E-state index contributed by atoms with van der Waals surface area (Å²) in [6.45, 7) is 3.04. The van der Waals surface area contributed by atoms with Gasteiger partial charge in [-0.1, -0.05) is 37.8 Å². The monoisotopic (exact) mass is 668 g/mol. The minimum Gasteiger partial charge on any atom is -0.870 e. The molecule has 12 nitrogen and oxygen atoms in total. The van der Waals surface area contributed by atoms with Crippen LogP contribution in [0.1, 0.15) is 30.5 Å². The number of hydrogen-bond donors (Lipinski definition) is 0. The molecule has 0 bridgehead atoms. The Kier molecular flexibility index (Phi) is 7.83. The number of carbonyl (C=O) groups is 2. The summed E-state index contributed by atoms with van der Waals surface area (Å²) in [5.41, 5.74) is 0.948. The van der Waals surface area contributed by atoms with E-state index < -0.39 is 65.6 Å². The van der Waals surface area contributed by atoms with E-state index in [1.54, 1.807) is 13.8 Å². The Balaban J connectivity index is 1.30. The first-order chi connectivity index (χ1) is 22.5. The number of nitrogens with zero attached hydrogens (tertiary/aromatic N) is 3. The number of aromatic nitrogens is 1. The third kappa shape index (κ3) is 5.46. The van der Waals surface area contributed by atoms with E-state index in [-0.39, 0.29) is 60.7 Å². The first-order valence-electron chi connectivity index (χ1n) is 14.8. The number of morpholine rings is 1. The number of fused-ring (bicyclic) bond motifs is 4. The first kappa shape index (κ1) is 31.0. The molecule has 47 heavy (non-hydrogen) atoms. The molecular weight excluding hydrogens is 640 g/mol. The molecule has 4 aliphatic heterocycles.